The van der Waals surface area contributed by atoms with Gasteiger partial charge in [0.15, 0.2) is 8.32 Å². The first-order chi connectivity index (χ1) is 40.4. The van der Waals surface area contributed by atoms with E-state index in [1.165, 1.54) is 24.0 Å². The molecular formula is C77H115F2O6PSi. The zero-order valence-electron chi connectivity index (χ0n) is 55.2. The average Bonchev–Trinajstić information content (AvgIpc) is 2.04. The predicted octanol–water partition coefficient (Wildman–Crippen LogP) is 19.6. The number of halogens is 2. The largest absolute Gasteiger partial charge is 0.413 e. The molecule has 482 valence electrons. The van der Waals surface area contributed by atoms with Crippen LogP contribution in [0.5, 0.6) is 0 Å². The Morgan fingerprint density at radius 2 is 1.17 bits per heavy atom. The number of alkyl halides is 2. The highest BCUT2D eigenvalue weighted by Crippen LogP contribution is 2.58. The molecule has 4 fully saturated rings. The molecule has 0 saturated heterocycles. The topological polar surface area (TPSA) is 104 Å². The van der Waals surface area contributed by atoms with Crippen molar-refractivity contribution in [1.82, 2.24) is 0 Å². The second kappa shape index (κ2) is 31.3. The quantitative estimate of drug-likeness (QED) is 0.0735. The van der Waals surface area contributed by atoms with Gasteiger partial charge < -0.3 is 24.3 Å². The Morgan fingerprint density at radius 1 is 0.713 bits per heavy atom. The third-order valence-corrected chi connectivity index (χ3v) is 29.1. The van der Waals surface area contributed by atoms with Crippen molar-refractivity contribution in [3.8, 4) is 0 Å². The summed E-state index contributed by atoms with van der Waals surface area (Å²) < 4.78 is 49.9. The van der Waals surface area contributed by atoms with Gasteiger partial charge in [-0.05, 0) is 165 Å². The lowest BCUT2D eigenvalue weighted by Crippen LogP contribution is -2.45. The van der Waals surface area contributed by atoms with Gasteiger partial charge in [0.25, 0.3) is 0 Å². The van der Waals surface area contributed by atoms with Crippen LogP contribution < -0.4 is 10.6 Å². The lowest BCUT2D eigenvalue weighted by atomic mass is 9.62. The Hall–Kier alpha value is -4.08. The molecular weight excluding hydrogens is 1120 g/mol. The summed E-state index contributed by atoms with van der Waals surface area (Å²) in [4.78, 5) is 12.2. The Morgan fingerprint density at radius 3 is 1.67 bits per heavy atom. The molecule has 4 saturated carbocycles. The maximum absolute atomic E-state index is 14.9. The third kappa shape index (κ3) is 17.9. The SMILES string of the molecule is C.C=C1/C(=C\C=C2/CCC[C@]3(C)C([C@@H](C)C/C=C/C(O)(CC)CC)=CCC23)C[C@@H](O)C[C@@H]1F.C=C1/C(=C\CP(=O)(c2ccccc2)c2ccccc2)C[C@@H](O[Si](C)(C)C(C)(C)C)C[C@@H]1F.CCC(O)(/C=C/C[C@H](C)C1=CCC2C(=O)CCC[C@]12C)CC. The highest BCUT2D eigenvalue weighted by atomic mass is 31.2. The van der Waals surface area contributed by atoms with Crippen LogP contribution in [-0.4, -0.2) is 71.3 Å². The summed E-state index contributed by atoms with van der Waals surface area (Å²) in [5, 5.41) is 32.5. The summed E-state index contributed by atoms with van der Waals surface area (Å²) in [5.41, 5.74) is 6.17. The fraction of sp³-hybridized carbons (Fsp3) is 0.597. The molecule has 6 aliphatic carbocycles. The van der Waals surface area contributed by atoms with Gasteiger partial charge in [0.1, 0.15) is 25.3 Å². The maximum Gasteiger partial charge on any atom is 0.192 e. The second-order valence-corrected chi connectivity index (χ2v) is 36.0. The van der Waals surface area contributed by atoms with Crippen molar-refractivity contribution in [3.05, 3.63) is 168 Å². The molecule has 2 aromatic carbocycles. The minimum Gasteiger partial charge on any atom is -0.413 e. The van der Waals surface area contributed by atoms with Gasteiger partial charge in [-0.15, -0.1) is 0 Å². The first kappa shape index (κ1) is 73.7. The zero-order chi connectivity index (χ0) is 63.5. The Labute approximate surface area is 528 Å². The van der Waals surface area contributed by atoms with Gasteiger partial charge in [-0.3, -0.25) is 4.79 Å². The molecule has 10 atom stereocenters. The third-order valence-electron chi connectivity index (χ3n) is 21.6. The molecule has 8 rings (SSSR count). The summed E-state index contributed by atoms with van der Waals surface area (Å²) in [6.45, 7) is 36.3. The van der Waals surface area contributed by atoms with Crippen molar-refractivity contribution < 1.29 is 37.9 Å². The maximum atomic E-state index is 14.9. The van der Waals surface area contributed by atoms with E-state index in [0.717, 1.165) is 98.8 Å². The predicted molar refractivity (Wildman–Crippen MR) is 368 cm³/mol. The lowest BCUT2D eigenvalue weighted by molar-refractivity contribution is -0.128. The van der Waals surface area contributed by atoms with Gasteiger partial charge in [0.2, 0.25) is 0 Å². The van der Waals surface area contributed by atoms with Crippen molar-refractivity contribution >= 4 is 31.9 Å². The van der Waals surface area contributed by atoms with E-state index in [0.29, 0.717) is 60.1 Å². The van der Waals surface area contributed by atoms with Gasteiger partial charge in [0.05, 0.1) is 23.4 Å². The van der Waals surface area contributed by atoms with E-state index >= 15 is 0 Å². The van der Waals surface area contributed by atoms with E-state index in [2.05, 4.69) is 105 Å². The molecule has 0 spiro atoms. The molecule has 0 aromatic heterocycles. The Kier molecular flexibility index (Phi) is 26.5. The molecule has 0 bridgehead atoms. The van der Waals surface area contributed by atoms with Crippen LogP contribution in [0.2, 0.25) is 18.1 Å². The minimum atomic E-state index is -2.90. The number of hydrogen-bond donors (Lipinski definition) is 3. The van der Waals surface area contributed by atoms with Gasteiger partial charge in [-0.25, -0.2) is 8.78 Å². The first-order valence-electron chi connectivity index (χ1n) is 33.0. The van der Waals surface area contributed by atoms with Gasteiger partial charge >= 0.3 is 0 Å². The molecule has 3 N–H and O–H groups in total. The Bertz CT molecular complexity index is 2850. The molecule has 0 heterocycles. The number of aliphatic hydroxyl groups is 3. The number of allylic oxidation sites excluding steroid dienone is 12. The number of aliphatic hydroxyl groups excluding tert-OH is 1. The van der Waals surface area contributed by atoms with Crippen LogP contribution in [0, 0.1) is 34.5 Å². The number of carbonyl (C=O) groups excluding carboxylic acids is 1. The molecule has 0 radical (unpaired) electrons. The fourth-order valence-corrected chi connectivity index (χ4v) is 18.3. The smallest absolute Gasteiger partial charge is 0.192 e. The van der Waals surface area contributed by atoms with E-state index in [4.69, 9.17) is 4.43 Å². The minimum absolute atomic E-state index is 0. The number of Topliss-reactive ketones (excluding diaryl/α,β-unsaturated/α-hetero) is 1. The fourth-order valence-electron chi connectivity index (χ4n) is 14.4. The van der Waals surface area contributed by atoms with Crippen molar-refractivity contribution in [2.75, 3.05) is 6.16 Å². The van der Waals surface area contributed by atoms with Crippen LogP contribution in [0.15, 0.2) is 168 Å². The summed E-state index contributed by atoms with van der Waals surface area (Å²) in [5.74, 6) is 2.10. The van der Waals surface area contributed by atoms with E-state index in [1.54, 1.807) is 5.57 Å². The second-order valence-electron chi connectivity index (χ2n) is 28.4. The first-order valence-corrected chi connectivity index (χ1v) is 37.8. The highest BCUT2D eigenvalue weighted by Gasteiger charge is 2.49. The molecule has 2 aromatic rings. The summed E-state index contributed by atoms with van der Waals surface area (Å²) >= 11 is 0. The summed E-state index contributed by atoms with van der Waals surface area (Å²) in [6.07, 6.45) is 31.5. The van der Waals surface area contributed by atoms with Crippen molar-refractivity contribution in [1.29, 1.82) is 0 Å². The van der Waals surface area contributed by atoms with Crippen LogP contribution in [0.4, 0.5) is 8.78 Å². The van der Waals surface area contributed by atoms with Crippen LogP contribution in [0.1, 0.15) is 199 Å². The molecule has 87 heavy (non-hydrogen) atoms. The van der Waals surface area contributed by atoms with Gasteiger partial charge in [-0.2, -0.15) is 0 Å². The van der Waals surface area contributed by atoms with Crippen molar-refractivity contribution in [3.63, 3.8) is 0 Å². The summed E-state index contributed by atoms with van der Waals surface area (Å²) in [6, 6.07) is 19.2. The monoisotopic (exact) mass is 1230 g/mol. The normalized spacial score (nSPS) is 28.5. The van der Waals surface area contributed by atoms with Crippen molar-refractivity contribution in [2.24, 2.45) is 34.5 Å². The molecule has 10 heteroatoms. The van der Waals surface area contributed by atoms with Crippen LogP contribution in [0.3, 0.4) is 0 Å². The van der Waals surface area contributed by atoms with Crippen LogP contribution in [-0.2, 0) is 13.8 Å². The molecule has 0 aliphatic heterocycles. The summed E-state index contributed by atoms with van der Waals surface area (Å²) in [7, 11) is -4.91. The molecule has 0 amide bonds. The number of hydrogen-bond acceptors (Lipinski definition) is 6. The van der Waals surface area contributed by atoms with Gasteiger partial charge in [0, 0.05) is 42.0 Å². The standard InChI is InChI=1S/C29H43FO2.C27H36FO2PSi.C20H32O2.CH4/c1-6-29(32,7-2)17-8-10-20(3)25-14-15-26-22(11-9-16-28(25,26)5)12-13-23-18-24(31)19-27(30)21(23)4;1-21-22(19-23(20-26(21)28)30-32(5,6)27(2,3)4)17-18-31(29,24-13-9-7-10-14-24)25-15-11-8-12-16-25;1-5-20(22,6-2)14-7-9-15(3)16-11-12-17-18(21)10-8-13-19(16,17)4;/h8,12-14,17,20,24,26-27,31-32H,4,6-7,9-11,15-16,18-19H2,1-3,5H3;7-17,23,26H,1,18-20H2,2-6H3;7,11,14-15,17,22H,5-6,8-10,12-13H2,1-4H3;1H4/b17-8+,22-12+,23-13-;22-17-;14-7+;/t20-,24+,26?,27-,28+;23-,26+;15-,17?,19+;/m010./s1. The van der Waals surface area contributed by atoms with E-state index in [-0.39, 0.29) is 41.7 Å². The number of fused-ring (bicyclic) bond motifs is 2. The zero-order valence-corrected chi connectivity index (χ0v) is 57.1. The molecule has 6 aliphatic rings. The number of benzene rings is 2. The van der Waals surface area contributed by atoms with Crippen LogP contribution in [0.25, 0.3) is 0 Å². The Balaban J connectivity index is 0.000000241. The van der Waals surface area contributed by atoms with Crippen molar-refractivity contribution in [2.45, 2.75) is 253 Å². The number of ketones is 1. The molecule has 6 nitrogen and oxygen atoms in total. The van der Waals surface area contributed by atoms with E-state index < -0.39 is 45.1 Å². The highest BCUT2D eigenvalue weighted by molar-refractivity contribution is 7.78. The van der Waals surface area contributed by atoms with Gasteiger partial charge in [-0.1, -0.05) is 229 Å². The van der Waals surface area contributed by atoms with E-state index in [1.807, 2.05) is 113 Å². The number of rotatable bonds is 19. The van der Waals surface area contributed by atoms with Crippen LogP contribution >= 0.6 is 7.14 Å². The molecule has 2 unspecified atom stereocenters. The van der Waals surface area contributed by atoms with E-state index in [9.17, 15) is 33.5 Å². The lowest BCUT2D eigenvalue weighted by Gasteiger charge is -2.42. The average molecular weight is 1230 g/mol. The number of carbonyl (C=O) groups is 1.